The molecule has 1 rings (SSSR count). The standard InChI is InChI=1S/C11H16IN/c1-5-8-6-9(12)7-13-10(8)11(2,3)4/h6-7H,5H2,1-4H3. The summed E-state index contributed by atoms with van der Waals surface area (Å²) in [4.78, 5) is 4.51. The fourth-order valence-corrected chi connectivity index (χ4v) is 1.94. The molecule has 72 valence electrons. The summed E-state index contributed by atoms with van der Waals surface area (Å²) in [5, 5.41) is 0. The molecule has 1 nitrogen and oxygen atoms in total. The maximum atomic E-state index is 4.51. The lowest BCUT2D eigenvalue weighted by Crippen LogP contribution is -2.16. The van der Waals surface area contributed by atoms with Crippen LogP contribution in [0.4, 0.5) is 0 Å². The zero-order chi connectivity index (χ0) is 10.1. The van der Waals surface area contributed by atoms with Crippen LogP contribution >= 0.6 is 22.6 Å². The van der Waals surface area contributed by atoms with Crippen LogP contribution in [0.3, 0.4) is 0 Å². The van der Waals surface area contributed by atoms with Gasteiger partial charge in [-0.25, -0.2) is 0 Å². The van der Waals surface area contributed by atoms with Gasteiger partial charge in [0.05, 0.1) is 0 Å². The first-order valence-electron chi connectivity index (χ1n) is 4.60. The van der Waals surface area contributed by atoms with Crippen LogP contribution in [0, 0.1) is 3.57 Å². The summed E-state index contributed by atoms with van der Waals surface area (Å²) in [5.41, 5.74) is 2.77. The lowest BCUT2D eigenvalue weighted by Gasteiger charge is -2.21. The second-order valence-electron chi connectivity index (χ2n) is 4.26. The van der Waals surface area contributed by atoms with Gasteiger partial charge in [0, 0.05) is 20.9 Å². The van der Waals surface area contributed by atoms with Crippen LogP contribution in [0.25, 0.3) is 0 Å². The van der Waals surface area contributed by atoms with Gasteiger partial charge in [0.1, 0.15) is 0 Å². The predicted octanol–water partition coefficient (Wildman–Crippen LogP) is 3.55. The third-order valence-electron chi connectivity index (χ3n) is 2.02. The van der Waals surface area contributed by atoms with Crippen LogP contribution in [-0.4, -0.2) is 4.98 Å². The van der Waals surface area contributed by atoms with Gasteiger partial charge in [0.2, 0.25) is 0 Å². The van der Waals surface area contributed by atoms with E-state index in [0.717, 1.165) is 6.42 Å². The van der Waals surface area contributed by atoms with Crippen molar-refractivity contribution in [2.45, 2.75) is 39.5 Å². The summed E-state index contributed by atoms with van der Waals surface area (Å²) in [7, 11) is 0. The molecule has 0 unspecified atom stereocenters. The largest absolute Gasteiger partial charge is 0.259 e. The molecule has 2 heteroatoms. The van der Waals surface area contributed by atoms with Crippen molar-refractivity contribution >= 4 is 22.6 Å². The number of pyridine rings is 1. The van der Waals surface area contributed by atoms with E-state index in [4.69, 9.17) is 0 Å². The third kappa shape index (κ3) is 2.66. The van der Waals surface area contributed by atoms with E-state index in [-0.39, 0.29) is 5.41 Å². The Labute approximate surface area is 94.1 Å². The zero-order valence-electron chi connectivity index (χ0n) is 8.69. The van der Waals surface area contributed by atoms with E-state index < -0.39 is 0 Å². The number of nitrogens with zero attached hydrogens (tertiary/aromatic N) is 1. The number of aromatic nitrogens is 1. The summed E-state index contributed by atoms with van der Waals surface area (Å²) in [6.07, 6.45) is 3.01. The SMILES string of the molecule is CCc1cc(I)cnc1C(C)(C)C. The molecule has 0 aliphatic rings. The van der Waals surface area contributed by atoms with Crippen molar-refractivity contribution in [3.8, 4) is 0 Å². The van der Waals surface area contributed by atoms with Crippen molar-refractivity contribution in [3.05, 3.63) is 27.1 Å². The minimum absolute atomic E-state index is 0.162. The highest BCUT2D eigenvalue weighted by atomic mass is 127. The van der Waals surface area contributed by atoms with Crippen molar-refractivity contribution in [3.63, 3.8) is 0 Å². The zero-order valence-corrected chi connectivity index (χ0v) is 10.8. The highest BCUT2D eigenvalue weighted by Gasteiger charge is 2.18. The smallest absolute Gasteiger partial charge is 0.0489 e. The molecular weight excluding hydrogens is 273 g/mol. The Morgan fingerprint density at radius 3 is 2.46 bits per heavy atom. The van der Waals surface area contributed by atoms with Gasteiger partial charge in [-0.05, 0) is 40.6 Å². The lowest BCUT2D eigenvalue weighted by atomic mass is 9.88. The Morgan fingerprint density at radius 1 is 1.38 bits per heavy atom. The van der Waals surface area contributed by atoms with Crippen LogP contribution in [0.1, 0.15) is 39.0 Å². The molecule has 0 amide bonds. The highest BCUT2D eigenvalue weighted by molar-refractivity contribution is 14.1. The van der Waals surface area contributed by atoms with E-state index >= 15 is 0 Å². The molecule has 0 aromatic carbocycles. The second-order valence-corrected chi connectivity index (χ2v) is 5.51. The van der Waals surface area contributed by atoms with E-state index in [0.29, 0.717) is 0 Å². The molecule has 0 saturated heterocycles. The van der Waals surface area contributed by atoms with E-state index in [9.17, 15) is 0 Å². The number of hydrogen-bond donors (Lipinski definition) is 0. The van der Waals surface area contributed by atoms with Gasteiger partial charge >= 0.3 is 0 Å². The minimum Gasteiger partial charge on any atom is -0.259 e. The van der Waals surface area contributed by atoms with E-state index in [2.05, 4.69) is 61.3 Å². The van der Waals surface area contributed by atoms with Crippen molar-refractivity contribution in [2.75, 3.05) is 0 Å². The molecule has 0 spiro atoms. The van der Waals surface area contributed by atoms with Crippen molar-refractivity contribution in [1.29, 1.82) is 0 Å². The Bertz CT molecular complexity index is 299. The van der Waals surface area contributed by atoms with Gasteiger partial charge in [-0.3, -0.25) is 4.98 Å². The van der Waals surface area contributed by atoms with Gasteiger partial charge in [-0.2, -0.15) is 0 Å². The maximum absolute atomic E-state index is 4.51. The van der Waals surface area contributed by atoms with Crippen LogP contribution in [0.5, 0.6) is 0 Å². The number of halogens is 1. The first kappa shape index (κ1) is 11.0. The topological polar surface area (TPSA) is 12.9 Å². The molecule has 1 heterocycles. The fourth-order valence-electron chi connectivity index (χ4n) is 1.43. The molecule has 1 aromatic rings. The van der Waals surface area contributed by atoms with Crippen molar-refractivity contribution < 1.29 is 0 Å². The van der Waals surface area contributed by atoms with E-state index in [1.807, 2.05) is 6.20 Å². The van der Waals surface area contributed by atoms with Crippen LogP contribution in [0.15, 0.2) is 12.3 Å². The molecule has 1 aromatic heterocycles. The van der Waals surface area contributed by atoms with Gasteiger partial charge in [0.15, 0.2) is 0 Å². The molecule has 0 radical (unpaired) electrons. The van der Waals surface area contributed by atoms with Gasteiger partial charge < -0.3 is 0 Å². The number of rotatable bonds is 1. The third-order valence-corrected chi connectivity index (χ3v) is 2.61. The quantitative estimate of drug-likeness (QED) is 0.721. The Hall–Kier alpha value is -0.120. The van der Waals surface area contributed by atoms with Crippen molar-refractivity contribution in [2.24, 2.45) is 0 Å². The Kier molecular flexibility index (Phi) is 3.33. The summed E-state index contributed by atoms with van der Waals surface area (Å²) in [5.74, 6) is 0. The van der Waals surface area contributed by atoms with E-state index in [1.54, 1.807) is 0 Å². The number of aryl methyl sites for hydroxylation is 1. The highest BCUT2D eigenvalue weighted by Crippen LogP contribution is 2.24. The minimum atomic E-state index is 0.162. The number of hydrogen-bond acceptors (Lipinski definition) is 1. The summed E-state index contributed by atoms with van der Waals surface area (Å²) >= 11 is 2.31. The summed E-state index contributed by atoms with van der Waals surface area (Å²) in [6, 6.07) is 2.23. The molecule has 0 atom stereocenters. The molecule has 0 bridgehead atoms. The maximum Gasteiger partial charge on any atom is 0.0489 e. The van der Waals surface area contributed by atoms with Gasteiger partial charge in [-0.15, -0.1) is 0 Å². The Balaban J connectivity index is 3.22. The average Bonchev–Trinajstić information content (AvgIpc) is 2.01. The first-order valence-corrected chi connectivity index (χ1v) is 5.68. The molecule has 0 saturated carbocycles. The average molecular weight is 289 g/mol. The second kappa shape index (κ2) is 3.95. The molecule has 0 aliphatic heterocycles. The van der Waals surface area contributed by atoms with Gasteiger partial charge in [-0.1, -0.05) is 27.7 Å². The van der Waals surface area contributed by atoms with Crippen LogP contribution < -0.4 is 0 Å². The molecule has 0 aliphatic carbocycles. The van der Waals surface area contributed by atoms with Crippen LogP contribution in [0.2, 0.25) is 0 Å². The molecular formula is C11H16IN. The molecule has 0 fully saturated rings. The van der Waals surface area contributed by atoms with Crippen LogP contribution in [-0.2, 0) is 11.8 Å². The normalized spacial score (nSPS) is 11.8. The summed E-state index contributed by atoms with van der Waals surface area (Å²) in [6.45, 7) is 8.81. The Morgan fingerprint density at radius 2 is 2.00 bits per heavy atom. The predicted molar refractivity (Wildman–Crippen MR) is 65.0 cm³/mol. The molecule has 0 N–H and O–H groups in total. The lowest BCUT2D eigenvalue weighted by molar-refractivity contribution is 0.561. The summed E-state index contributed by atoms with van der Waals surface area (Å²) < 4.78 is 1.22. The first-order chi connectivity index (χ1) is 5.95. The molecule has 13 heavy (non-hydrogen) atoms. The van der Waals surface area contributed by atoms with Gasteiger partial charge in [0.25, 0.3) is 0 Å². The monoisotopic (exact) mass is 289 g/mol. The fraction of sp³-hybridized carbons (Fsp3) is 0.545. The van der Waals surface area contributed by atoms with Crippen molar-refractivity contribution in [1.82, 2.24) is 4.98 Å². The van der Waals surface area contributed by atoms with E-state index in [1.165, 1.54) is 14.8 Å².